The highest BCUT2D eigenvalue weighted by Crippen LogP contribution is 2.19. The van der Waals surface area contributed by atoms with E-state index in [9.17, 15) is 4.79 Å². The Bertz CT molecular complexity index is 847. The van der Waals surface area contributed by atoms with Gasteiger partial charge in [0.1, 0.15) is 5.75 Å². The Balaban J connectivity index is 1.85. The van der Waals surface area contributed by atoms with E-state index in [1.165, 1.54) is 5.56 Å². The lowest BCUT2D eigenvalue weighted by molar-refractivity contribution is 0.0827. The van der Waals surface area contributed by atoms with Crippen LogP contribution in [0.1, 0.15) is 34.0 Å². The van der Waals surface area contributed by atoms with Crippen molar-refractivity contribution in [2.24, 2.45) is 4.99 Å². The first-order chi connectivity index (χ1) is 13.9. The molecule has 0 aliphatic heterocycles. The molecule has 0 heterocycles. The van der Waals surface area contributed by atoms with Gasteiger partial charge in [-0.1, -0.05) is 24.3 Å². The molecule has 0 aliphatic rings. The Morgan fingerprint density at radius 1 is 1.10 bits per heavy atom. The van der Waals surface area contributed by atoms with Crippen molar-refractivity contribution in [1.82, 2.24) is 15.5 Å². The van der Waals surface area contributed by atoms with Crippen molar-refractivity contribution in [3.05, 3.63) is 64.7 Å². The van der Waals surface area contributed by atoms with Crippen molar-refractivity contribution in [2.75, 3.05) is 34.3 Å². The highest BCUT2D eigenvalue weighted by atomic mass is 16.5. The number of guanidine groups is 1. The van der Waals surface area contributed by atoms with Gasteiger partial charge >= 0.3 is 0 Å². The van der Waals surface area contributed by atoms with E-state index in [0.717, 1.165) is 35.8 Å². The van der Waals surface area contributed by atoms with Crippen LogP contribution in [0.5, 0.6) is 5.75 Å². The topological polar surface area (TPSA) is 66.0 Å². The number of aliphatic imine (C=N–C) groups is 1. The van der Waals surface area contributed by atoms with E-state index >= 15 is 0 Å². The number of carbonyl (C=O) groups excluding carboxylic acids is 1. The zero-order valence-corrected chi connectivity index (χ0v) is 18.1. The lowest BCUT2D eigenvalue weighted by Gasteiger charge is -2.14. The maximum absolute atomic E-state index is 12.1. The molecule has 2 aromatic rings. The Morgan fingerprint density at radius 3 is 2.55 bits per heavy atom. The fourth-order valence-corrected chi connectivity index (χ4v) is 2.99. The predicted molar refractivity (Wildman–Crippen MR) is 119 cm³/mol. The van der Waals surface area contributed by atoms with Crippen LogP contribution in [-0.2, 0) is 13.0 Å². The second-order valence-electron chi connectivity index (χ2n) is 7.04. The van der Waals surface area contributed by atoms with Crippen LogP contribution < -0.4 is 15.4 Å². The maximum atomic E-state index is 12.1. The Morgan fingerprint density at radius 2 is 1.90 bits per heavy atom. The largest absolute Gasteiger partial charge is 0.494 e. The molecule has 0 spiro atoms. The second kappa shape index (κ2) is 11.1. The van der Waals surface area contributed by atoms with E-state index in [1.54, 1.807) is 26.0 Å². The lowest BCUT2D eigenvalue weighted by atomic mass is 10.1. The van der Waals surface area contributed by atoms with Gasteiger partial charge in [0.05, 0.1) is 6.61 Å². The van der Waals surface area contributed by atoms with Crippen molar-refractivity contribution in [2.45, 2.75) is 26.8 Å². The van der Waals surface area contributed by atoms with E-state index in [1.807, 2.05) is 37.3 Å². The fraction of sp³-hybridized carbons (Fsp3) is 0.391. The van der Waals surface area contributed by atoms with E-state index in [2.05, 4.69) is 34.7 Å². The molecule has 156 valence electrons. The van der Waals surface area contributed by atoms with E-state index in [-0.39, 0.29) is 5.91 Å². The van der Waals surface area contributed by atoms with Gasteiger partial charge in [-0.25, -0.2) is 0 Å². The quantitative estimate of drug-likeness (QED) is 0.532. The zero-order chi connectivity index (χ0) is 21.2. The summed E-state index contributed by atoms with van der Waals surface area (Å²) in [4.78, 5) is 18.0. The van der Waals surface area contributed by atoms with Gasteiger partial charge in [0.25, 0.3) is 5.91 Å². The minimum Gasteiger partial charge on any atom is -0.494 e. The van der Waals surface area contributed by atoms with E-state index < -0.39 is 0 Å². The first-order valence-corrected chi connectivity index (χ1v) is 9.92. The third-order valence-corrected chi connectivity index (χ3v) is 4.51. The van der Waals surface area contributed by atoms with Crippen LogP contribution in [0.2, 0.25) is 0 Å². The minimum atomic E-state index is 0.0166. The number of amides is 1. The summed E-state index contributed by atoms with van der Waals surface area (Å²) in [6.45, 7) is 6.11. The number of rotatable bonds is 8. The standard InChI is InChI=1S/C23H32N4O2/c1-6-29-21-11-10-19(14-17(21)2)16-26-23(24-3)25-13-12-18-8-7-9-20(15-18)22(28)27(4)5/h7-11,14-15H,6,12-13,16H2,1-5H3,(H2,24,25,26). The third-order valence-electron chi connectivity index (χ3n) is 4.51. The third kappa shape index (κ3) is 6.82. The van der Waals surface area contributed by atoms with Crippen molar-refractivity contribution in [1.29, 1.82) is 0 Å². The number of nitrogens with one attached hydrogen (secondary N) is 2. The summed E-state index contributed by atoms with van der Waals surface area (Å²) >= 11 is 0. The molecule has 29 heavy (non-hydrogen) atoms. The lowest BCUT2D eigenvalue weighted by Crippen LogP contribution is -2.37. The Hall–Kier alpha value is -3.02. The predicted octanol–water partition coefficient (Wildman–Crippen LogP) is 3.00. The molecular weight excluding hydrogens is 364 g/mol. The van der Waals surface area contributed by atoms with Crippen LogP contribution in [0.15, 0.2) is 47.5 Å². The summed E-state index contributed by atoms with van der Waals surface area (Å²) in [5.41, 5.74) is 4.12. The van der Waals surface area contributed by atoms with Crippen molar-refractivity contribution in [3.63, 3.8) is 0 Å². The van der Waals surface area contributed by atoms with E-state index in [0.29, 0.717) is 18.7 Å². The van der Waals surface area contributed by atoms with Gasteiger partial charge in [-0.05, 0) is 55.2 Å². The van der Waals surface area contributed by atoms with E-state index in [4.69, 9.17) is 4.74 Å². The number of ether oxygens (including phenoxy) is 1. The van der Waals surface area contributed by atoms with Gasteiger partial charge in [-0.3, -0.25) is 9.79 Å². The number of nitrogens with zero attached hydrogens (tertiary/aromatic N) is 2. The van der Waals surface area contributed by atoms with Crippen LogP contribution in [0.25, 0.3) is 0 Å². The molecule has 0 aliphatic carbocycles. The average Bonchev–Trinajstić information content (AvgIpc) is 2.72. The van der Waals surface area contributed by atoms with Crippen LogP contribution in [-0.4, -0.2) is 51.1 Å². The SMILES string of the molecule is CCOc1ccc(CNC(=NC)NCCc2cccc(C(=O)N(C)C)c2)cc1C. The molecule has 0 saturated carbocycles. The van der Waals surface area contributed by atoms with Gasteiger partial charge < -0.3 is 20.3 Å². The zero-order valence-electron chi connectivity index (χ0n) is 18.1. The van der Waals surface area contributed by atoms with Gasteiger partial charge in [0, 0.05) is 39.8 Å². The van der Waals surface area contributed by atoms with Gasteiger partial charge in [0.15, 0.2) is 5.96 Å². The molecular formula is C23H32N4O2. The van der Waals surface area contributed by atoms with Crippen LogP contribution in [0, 0.1) is 6.92 Å². The Kier molecular flexibility index (Phi) is 8.52. The molecule has 0 unspecified atom stereocenters. The summed E-state index contributed by atoms with van der Waals surface area (Å²) < 4.78 is 5.59. The monoisotopic (exact) mass is 396 g/mol. The van der Waals surface area contributed by atoms with Crippen molar-refractivity contribution in [3.8, 4) is 5.75 Å². The molecule has 0 radical (unpaired) electrons. The number of benzene rings is 2. The number of hydrogen-bond donors (Lipinski definition) is 2. The average molecular weight is 397 g/mol. The molecule has 2 N–H and O–H groups in total. The summed E-state index contributed by atoms with van der Waals surface area (Å²) in [5.74, 6) is 1.69. The summed E-state index contributed by atoms with van der Waals surface area (Å²) in [6.07, 6.45) is 0.803. The van der Waals surface area contributed by atoms with Crippen LogP contribution in [0.3, 0.4) is 0 Å². The molecule has 6 heteroatoms. The van der Waals surface area contributed by atoms with Crippen LogP contribution >= 0.6 is 0 Å². The molecule has 1 amide bonds. The molecule has 2 aromatic carbocycles. The number of aryl methyl sites for hydroxylation is 1. The summed E-state index contributed by atoms with van der Waals surface area (Å²) in [6, 6.07) is 13.9. The molecule has 0 atom stereocenters. The molecule has 6 nitrogen and oxygen atoms in total. The molecule has 0 bridgehead atoms. The molecule has 2 rings (SSSR count). The normalized spacial score (nSPS) is 11.1. The molecule has 0 saturated heterocycles. The number of carbonyl (C=O) groups is 1. The first kappa shape index (κ1) is 22.3. The van der Waals surface area contributed by atoms with Gasteiger partial charge in [0.2, 0.25) is 0 Å². The highest BCUT2D eigenvalue weighted by molar-refractivity contribution is 5.94. The van der Waals surface area contributed by atoms with Crippen molar-refractivity contribution >= 4 is 11.9 Å². The highest BCUT2D eigenvalue weighted by Gasteiger charge is 2.08. The van der Waals surface area contributed by atoms with Crippen molar-refractivity contribution < 1.29 is 9.53 Å². The first-order valence-electron chi connectivity index (χ1n) is 9.92. The summed E-state index contributed by atoms with van der Waals surface area (Å²) in [5, 5.41) is 6.66. The minimum absolute atomic E-state index is 0.0166. The van der Waals surface area contributed by atoms with Gasteiger partial charge in [-0.15, -0.1) is 0 Å². The fourth-order valence-electron chi connectivity index (χ4n) is 2.99. The van der Waals surface area contributed by atoms with Crippen LogP contribution in [0.4, 0.5) is 0 Å². The second-order valence-corrected chi connectivity index (χ2v) is 7.04. The maximum Gasteiger partial charge on any atom is 0.253 e. The smallest absolute Gasteiger partial charge is 0.253 e. The molecule has 0 fully saturated rings. The van der Waals surface area contributed by atoms with Gasteiger partial charge in [-0.2, -0.15) is 0 Å². The number of hydrogen-bond acceptors (Lipinski definition) is 3. The summed E-state index contributed by atoms with van der Waals surface area (Å²) in [7, 11) is 5.28. The Labute approximate surface area is 174 Å². The molecule has 0 aromatic heterocycles.